The van der Waals surface area contributed by atoms with Gasteiger partial charge in [0, 0.05) is 24.2 Å². The Balaban J connectivity index is 1.42. The third kappa shape index (κ3) is 4.90. The van der Waals surface area contributed by atoms with E-state index in [1.165, 1.54) is 12.0 Å². The van der Waals surface area contributed by atoms with E-state index in [0.29, 0.717) is 17.3 Å². The maximum absolute atomic E-state index is 12.5. The van der Waals surface area contributed by atoms with Crippen molar-refractivity contribution in [2.75, 3.05) is 11.9 Å². The van der Waals surface area contributed by atoms with Crippen molar-refractivity contribution in [2.24, 2.45) is 0 Å². The quantitative estimate of drug-likeness (QED) is 0.563. The van der Waals surface area contributed by atoms with Gasteiger partial charge in [0.1, 0.15) is 11.6 Å². The summed E-state index contributed by atoms with van der Waals surface area (Å²) in [5.74, 6) is 2.46. The Kier molecular flexibility index (Phi) is 6.56. The number of hydrogen-bond acceptors (Lipinski definition) is 4. The summed E-state index contributed by atoms with van der Waals surface area (Å²) in [5.41, 5.74) is 3.73. The third-order valence-electron chi connectivity index (χ3n) is 5.74. The number of amides is 1. The number of aromatic nitrogens is 3. The van der Waals surface area contributed by atoms with Gasteiger partial charge in [-0.2, -0.15) is 0 Å². The van der Waals surface area contributed by atoms with E-state index >= 15 is 0 Å². The number of halogens is 1. The number of benzene rings is 2. The Morgan fingerprint density at radius 2 is 2.03 bits per heavy atom. The molecule has 7 heteroatoms. The first kappa shape index (κ1) is 21.4. The van der Waals surface area contributed by atoms with Crippen molar-refractivity contribution in [3.05, 3.63) is 58.4 Å². The molecule has 0 saturated heterocycles. The fourth-order valence-corrected chi connectivity index (χ4v) is 4.02. The second kappa shape index (κ2) is 9.52. The van der Waals surface area contributed by atoms with Gasteiger partial charge in [0.15, 0.2) is 5.82 Å². The van der Waals surface area contributed by atoms with Crippen molar-refractivity contribution in [2.45, 2.75) is 52.5 Å². The minimum Gasteiger partial charge on any atom is -0.493 e. The zero-order valence-electron chi connectivity index (χ0n) is 17.9. The second-order valence-electron chi connectivity index (χ2n) is 7.94. The van der Waals surface area contributed by atoms with Crippen molar-refractivity contribution in [3.8, 4) is 17.1 Å². The molecule has 1 aliphatic rings. The second-order valence-corrected chi connectivity index (χ2v) is 8.35. The zero-order valence-corrected chi connectivity index (χ0v) is 18.7. The van der Waals surface area contributed by atoms with Crippen molar-refractivity contribution in [1.29, 1.82) is 0 Å². The molecule has 1 amide bonds. The highest BCUT2D eigenvalue weighted by atomic mass is 35.5. The van der Waals surface area contributed by atoms with E-state index in [1.807, 2.05) is 38.1 Å². The molecule has 2 heterocycles. The van der Waals surface area contributed by atoms with Crippen LogP contribution in [0, 0.1) is 13.8 Å². The molecule has 0 spiro atoms. The van der Waals surface area contributed by atoms with Crippen LogP contribution in [0.1, 0.15) is 42.6 Å². The predicted octanol–water partition coefficient (Wildman–Crippen LogP) is 5.35. The topological polar surface area (TPSA) is 69.0 Å². The van der Waals surface area contributed by atoms with Crippen molar-refractivity contribution < 1.29 is 9.53 Å². The molecule has 162 valence electrons. The summed E-state index contributed by atoms with van der Waals surface area (Å²) in [4.78, 5) is 12.5. The van der Waals surface area contributed by atoms with Crippen LogP contribution in [0.15, 0.2) is 36.4 Å². The summed E-state index contributed by atoms with van der Waals surface area (Å²) in [7, 11) is 0. The standard InChI is InChI=1S/C24H27ClN4O2/c1-16-7-6-8-21(17(16)2)31-14-12-23(30)26-18-10-11-20(25)19(15-18)24-28-27-22-9-4-3-5-13-29(22)24/h6-8,10-11,15H,3-5,9,12-14H2,1-2H3,(H,26,30). The van der Waals surface area contributed by atoms with Gasteiger partial charge in [0.05, 0.1) is 18.1 Å². The van der Waals surface area contributed by atoms with Gasteiger partial charge < -0.3 is 14.6 Å². The number of hydrogen-bond donors (Lipinski definition) is 1. The zero-order chi connectivity index (χ0) is 21.8. The van der Waals surface area contributed by atoms with Crippen LogP contribution in [0.25, 0.3) is 11.4 Å². The van der Waals surface area contributed by atoms with E-state index < -0.39 is 0 Å². The molecule has 2 aromatic carbocycles. The summed E-state index contributed by atoms with van der Waals surface area (Å²) >= 11 is 6.47. The molecular weight excluding hydrogens is 412 g/mol. The van der Waals surface area contributed by atoms with Crippen LogP contribution in [0.5, 0.6) is 5.75 Å². The molecule has 1 aromatic heterocycles. The van der Waals surface area contributed by atoms with E-state index in [-0.39, 0.29) is 12.3 Å². The lowest BCUT2D eigenvalue weighted by molar-refractivity contribution is -0.116. The number of nitrogens with one attached hydrogen (secondary N) is 1. The van der Waals surface area contributed by atoms with Crippen molar-refractivity contribution in [3.63, 3.8) is 0 Å². The van der Waals surface area contributed by atoms with E-state index in [2.05, 4.69) is 20.1 Å². The summed E-state index contributed by atoms with van der Waals surface area (Å²) < 4.78 is 7.95. The lowest BCUT2D eigenvalue weighted by Crippen LogP contribution is -2.15. The van der Waals surface area contributed by atoms with Crippen LogP contribution in [0.4, 0.5) is 5.69 Å². The normalized spacial score (nSPS) is 13.4. The molecular formula is C24H27ClN4O2. The highest BCUT2D eigenvalue weighted by molar-refractivity contribution is 6.33. The van der Waals surface area contributed by atoms with Crippen LogP contribution in [0.3, 0.4) is 0 Å². The average Bonchev–Trinajstić information content (AvgIpc) is 3.00. The fraction of sp³-hybridized carbons (Fsp3) is 0.375. The van der Waals surface area contributed by atoms with Crippen molar-refractivity contribution >= 4 is 23.2 Å². The van der Waals surface area contributed by atoms with Gasteiger partial charge in [-0.1, -0.05) is 30.2 Å². The highest BCUT2D eigenvalue weighted by Gasteiger charge is 2.18. The van der Waals surface area contributed by atoms with Crippen LogP contribution in [-0.2, 0) is 17.8 Å². The average molecular weight is 439 g/mol. The van der Waals surface area contributed by atoms with Gasteiger partial charge in [-0.15, -0.1) is 10.2 Å². The summed E-state index contributed by atoms with van der Waals surface area (Å²) in [6, 6.07) is 11.4. The molecule has 1 N–H and O–H groups in total. The number of carbonyl (C=O) groups excluding carboxylic acids is 1. The number of carbonyl (C=O) groups is 1. The maximum Gasteiger partial charge on any atom is 0.227 e. The molecule has 0 saturated carbocycles. The van der Waals surface area contributed by atoms with Gasteiger partial charge in [-0.05, 0) is 62.1 Å². The molecule has 4 rings (SSSR count). The molecule has 0 bridgehead atoms. The van der Waals surface area contributed by atoms with Crippen LogP contribution >= 0.6 is 11.6 Å². The minimum absolute atomic E-state index is 0.112. The molecule has 31 heavy (non-hydrogen) atoms. The third-order valence-corrected chi connectivity index (χ3v) is 6.07. The Hall–Kier alpha value is -2.86. The van der Waals surface area contributed by atoms with E-state index in [0.717, 1.165) is 54.3 Å². The lowest BCUT2D eigenvalue weighted by atomic mass is 10.1. The summed E-state index contributed by atoms with van der Waals surface area (Å²) in [6.07, 6.45) is 4.61. The van der Waals surface area contributed by atoms with Gasteiger partial charge in [-0.3, -0.25) is 4.79 Å². The Morgan fingerprint density at radius 3 is 2.90 bits per heavy atom. The molecule has 0 aliphatic carbocycles. The molecule has 0 unspecified atom stereocenters. The fourth-order valence-electron chi connectivity index (χ4n) is 3.82. The first-order valence-corrected chi connectivity index (χ1v) is 11.1. The number of aryl methyl sites for hydroxylation is 2. The van der Waals surface area contributed by atoms with E-state index in [9.17, 15) is 4.79 Å². The van der Waals surface area contributed by atoms with Crippen molar-refractivity contribution in [1.82, 2.24) is 14.8 Å². The minimum atomic E-state index is -0.112. The SMILES string of the molecule is Cc1cccc(OCCC(=O)Nc2ccc(Cl)c(-c3nnc4n3CCCCC4)c2)c1C. The molecule has 0 atom stereocenters. The largest absolute Gasteiger partial charge is 0.493 e. The number of nitrogens with zero attached hydrogens (tertiary/aromatic N) is 3. The highest BCUT2D eigenvalue weighted by Crippen LogP contribution is 2.31. The van der Waals surface area contributed by atoms with Gasteiger partial charge >= 0.3 is 0 Å². The first-order chi connectivity index (χ1) is 15.0. The van der Waals surface area contributed by atoms with E-state index in [4.69, 9.17) is 16.3 Å². The Bertz CT molecular complexity index is 1090. The lowest BCUT2D eigenvalue weighted by Gasteiger charge is -2.12. The molecule has 0 fully saturated rings. The summed E-state index contributed by atoms with van der Waals surface area (Å²) in [6.45, 7) is 5.26. The Morgan fingerprint density at radius 1 is 1.16 bits per heavy atom. The van der Waals surface area contributed by atoms with Crippen LogP contribution in [-0.4, -0.2) is 27.3 Å². The molecule has 0 radical (unpaired) electrons. The van der Waals surface area contributed by atoms with Gasteiger partial charge in [0.25, 0.3) is 0 Å². The monoisotopic (exact) mass is 438 g/mol. The number of rotatable bonds is 6. The van der Waals surface area contributed by atoms with Crippen LogP contribution in [0.2, 0.25) is 5.02 Å². The first-order valence-electron chi connectivity index (χ1n) is 10.7. The van der Waals surface area contributed by atoms with Crippen LogP contribution < -0.4 is 10.1 Å². The van der Waals surface area contributed by atoms with Gasteiger partial charge in [-0.25, -0.2) is 0 Å². The molecule has 3 aromatic rings. The molecule has 1 aliphatic heterocycles. The van der Waals surface area contributed by atoms with Gasteiger partial charge in [0.2, 0.25) is 5.91 Å². The number of fused-ring (bicyclic) bond motifs is 1. The predicted molar refractivity (Wildman–Crippen MR) is 123 cm³/mol. The summed E-state index contributed by atoms with van der Waals surface area (Å²) in [5, 5.41) is 12.3. The molecule has 6 nitrogen and oxygen atoms in total. The smallest absolute Gasteiger partial charge is 0.227 e. The number of anilines is 1. The number of ether oxygens (including phenoxy) is 1. The Labute approximate surface area is 187 Å². The van der Waals surface area contributed by atoms with E-state index in [1.54, 1.807) is 12.1 Å². The maximum atomic E-state index is 12.5.